The molecule has 1 N–H and O–H groups in total. The number of carbonyl (C=O) groups is 3. The maximum Gasteiger partial charge on any atom is 0.303 e. The molecule has 4 aliphatic rings. The number of hydrogen-bond acceptors (Lipinski definition) is 6. The van der Waals surface area contributed by atoms with Crippen molar-refractivity contribution < 1.29 is 29.0 Å². The Labute approximate surface area is 235 Å². The van der Waals surface area contributed by atoms with Gasteiger partial charge in [0.15, 0.2) is 11.6 Å². The van der Waals surface area contributed by atoms with Crippen LogP contribution in [0.1, 0.15) is 118 Å². The lowest BCUT2D eigenvalue weighted by atomic mass is 9.45. The summed E-state index contributed by atoms with van der Waals surface area (Å²) in [5.41, 5.74) is 0.636. The Morgan fingerprint density at radius 2 is 1.69 bits per heavy atom. The Hall–Kier alpha value is -1.53. The quantitative estimate of drug-likeness (QED) is 0.214. The van der Waals surface area contributed by atoms with Gasteiger partial charge in [-0.05, 0) is 79.6 Å². The summed E-state index contributed by atoms with van der Waals surface area (Å²) >= 11 is 0. The summed E-state index contributed by atoms with van der Waals surface area (Å²) in [6, 6.07) is 0. The largest absolute Gasteiger partial charge is 0.458 e. The molecule has 0 radical (unpaired) electrons. The van der Waals surface area contributed by atoms with Crippen molar-refractivity contribution in [3.63, 3.8) is 0 Å². The Bertz CT molecular complexity index is 925. The number of Topliss-reactive ketones (excluding diaryl/α,β-unsaturated/α-hetero) is 1. The molecule has 0 bridgehead atoms. The minimum Gasteiger partial charge on any atom is -0.458 e. The van der Waals surface area contributed by atoms with Crippen LogP contribution < -0.4 is 0 Å². The lowest BCUT2D eigenvalue weighted by Gasteiger charge is -2.60. The van der Waals surface area contributed by atoms with Crippen molar-refractivity contribution in [2.24, 2.45) is 34.5 Å². The molecule has 4 rings (SSSR count). The van der Waals surface area contributed by atoms with Gasteiger partial charge in [-0.25, -0.2) is 0 Å². The SMILES string of the molecule is CCCCCCCCCCOC1C[C@@]2(C)C(=CC1=O)CC[C@@H]1[C@@H]2[C@@H](O)C[C@]2(C)[C@@H](C(=O)COC(C)=O)CC[C@@H]12. The average molecular weight is 545 g/mol. The highest BCUT2D eigenvalue weighted by molar-refractivity contribution is 5.95. The first-order valence-electron chi connectivity index (χ1n) is 15.8. The molecule has 0 aromatic heterocycles. The molecule has 4 aliphatic carbocycles. The number of rotatable bonds is 13. The molecule has 6 heteroatoms. The van der Waals surface area contributed by atoms with Crippen LogP contribution in [-0.4, -0.2) is 48.1 Å². The van der Waals surface area contributed by atoms with Gasteiger partial charge in [0.05, 0.1) is 6.10 Å². The second-order valence-corrected chi connectivity index (χ2v) is 13.5. The summed E-state index contributed by atoms with van der Waals surface area (Å²) in [5.74, 6) is 0.197. The zero-order chi connectivity index (χ0) is 28.2. The van der Waals surface area contributed by atoms with Crippen molar-refractivity contribution in [1.82, 2.24) is 0 Å². The fourth-order valence-corrected chi connectivity index (χ4v) is 9.13. The van der Waals surface area contributed by atoms with Crippen LogP contribution in [0.2, 0.25) is 0 Å². The lowest BCUT2D eigenvalue weighted by Crippen LogP contribution is -2.58. The summed E-state index contributed by atoms with van der Waals surface area (Å²) < 4.78 is 11.3. The molecule has 0 amide bonds. The third-order valence-electron chi connectivity index (χ3n) is 11.0. The Balaban J connectivity index is 1.38. The first-order chi connectivity index (χ1) is 18.6. The summed E-state index contributed by atoms with van der Waals surface area (Å²) in [5, 5.41) is 11.7. The van der Waals surface area contributed by atoms with Crippen molar-refractivity contribution in [3.8, 4) is 0 Å². The third-order valence-corrected chi connectivity index (χ3v) is 11.0. The summed E-state index contributed by atoms with van der Waals surface area (Å²) in [6.45, 7) is 8.44. The van der Waals surface area contributed by atoms with Crippen molar-refractivity contribution in [2.45, 2.75) is 130 Å². The third kappa shape index (κ3) is 6.37. The second-order valence-electron chi connectivity index (χ2n) is 13.5. The number of allylic oxidation sites excluding steroid dienone is 1. The Morgan fingerprint density at radius 1 is 1.00 bits per heavy atom. The lowest BCUT2D eigenvalue weighted by molar-refractivity contribution is -0.157. The van der Waals surface area contributed by atoms with Gasteiger partial charge in [-0.15, -0.1) is 0 Å². The highest BCUT2D eigenvalue weighted by Gasteiger charge is 2.63. The highest BCUT2D eigenvalue weighted by atomic mass is 16.5. The number of ketones is 2. The smallest absolute Gasteiger partial charge is 0.303 e. The van der Waals surface area contributed by atoms with Crippen LogP contribution in [0.5, 0.6) is 0 Å². The van der Waals surface area contributed by atoms with Crippen LogP contribution in [0.15, 0.2) is 11.6 Å². The number of ether oxygens (including phenoxy) is 2. The highest BCUT2D eigenvalue weighted by Crippen LogP contribution is 2.66. The topological polar surface area (TPSA) is 89.9 Å². The van der Waals surface area contributed by atoms with E-state index < -0.39 is 18.2 Å². The van der Waals surface area contributed by atoms with Crippen LogP contribution in [-0.2, 0) is 23.9 Å². The van der Waals surface area contributed by atoms with E-state index in [0.717, 1.165) is 38.5 Å². The molecule has 6 nitrogen and oxygen atoms in total. The van der Waals surface area contributed by atoms with Crippen molar-refractivity contribution in [3.05, 3.63) is 11.6 Å². The minimum absolute atomic E-state index is 0.0128. The van der Waals surface area contributed by atoms with Gasteiger partial charge in [-0.1, -0.05) is 71.3 Å². The van der Waals surface area contributed by atoms with E-state index >= 15 is 0 Å². The molecule has 0 spiro atoms. The Morgan fingerprint density at radius 3 is 2.38 bits per heavy atom. The number of esters is 1. The molecule has 39 heavy (non-hydrogen) atoms. The molecule has 0 aliphatic heterocycles. The molecule has 0 heterocycles. The number of carbonyl (C=O) groups excluding carboxylic acids is 3. The fraction of sp³-hybridized carbons (Fsp3) is 0.848. The number of unbranched alkanes of at least 4 members (excludes halogenated alkanes) is 7. The van der Waals surface area contributed by atoms with Gasteiger partial charge in [0, 0.05) is 19.4 Å². The standard InChI is InChI=1S/C33H52O6/c1-5-6-7-8-9-10-11-12-17-38-30-20-32(3)23(18-27(30)35)13-14-24-25-15-16-26(29(37)21-39-22(2)34)33(25,4)19-28(36)31(24)32/h18,24-26,28,30-31,36H,5-17,19-21H2,1-4H3/t24-,25-,26+,28-,30?,31+,32-,33-/m0/s1. The van der Waals surface area contributed by atoms with Gasteiger partial charge < -0.3 is 14.6 Å². The zero-order valence-corrected chi connectivity index (χ0v) is 24.8. The molecule has 0 aromatic rings. The van der Waals surface area contributed by atoms with Gasteiger partial charge in [0.1, 0.15) is 12.7 Å². The molecule has 8 atom stereocenters. The molecule has 3 fully saturated rings. The molecular formula is C33H52O6. The van der Waals surface area contributed by atoms with E-state index in [2.05, 4.69) is 20.8 Å². The molecule has 0 aromatic carbocycles. The van der Waals surface area contributed by atoms with E-state index in [1.807, 2.05) is 6.08 Å². The van der Waals surface area contributed by atoms with Crippen molar-refractivity contribution >= 4 is 17.5 Å². The summed E-state index contributed by atoms with van der Waals surface area (Å²) in [6.07, 6.45) is 15.6. The number of fused-ring (bicyclic) bond motifs is 5. The molecule has 220 valence electrons. The maximum atomic E-state index is 13.0. The molecular weight excluding hydrogens is 492 g/mol. The van der Waals surface area contributed by atoms with Crippen LogP contribution in [0, 0.1) is 34.5 Å². The van der Waals surface area contributed by atoms with E-state index in [0.29, 0.717) is 31.3 Å². The zero-order valence-electron chi connectivity index (χ0n) is 24.8. The maximum absolute atomic E-state index is 13.0. The number of aliphatic hydroxyl groups excluding tert-OH is 1. The first kappa shape index (κ1) is 30.4. The molecule has 3 saturated carbocycles. The summed E-state index contributed by atoms with van der Waals surface area (Å²) in [4.78, 5) is 37.4. The van der Waals surface area contributed by atoms with Crippen LogP contribution >= 0.6 is 0 Å². The number of aliphatic hydroxyl groups is 1. The van der Waals surface area contributed by atoms with Crippen molar-refractivity contribution in [2.75, 3.05) is 13.2 Å². The van der Waals surface area contributed by atoms with E-state index in [1.54, 1.807) is 0 Å². The predicted molar refractivity (Wildman–Crippen MR) is 151 cm³/mol. The van der Waals surface area contributed by atoms with Gasteiger partial charge >= 0.3 is 5.97 Å². The average Bonchev–Trinajstić information content (AvgIpc) is 3.23. The monoisotopic (exact) mass is 544 g/mol. The van der Waals surface area contributed by atoms with E-state index in [4.69, 9.17) is 9.47 Å². The second kappa shape index (κ2) is 13.0. The summed E-state index contributed by atoms with van der Waals surface area (Å²) in [7, 11) is 0. The van der Waals surface area contributed by atoms with Gasteiger partial charge in [0.2, 0.25) is 0 Å². The van der Waals surface area contributed by atoms with E-state index in [1.165, 1.54) is 51.0 Å². The normalized spacial score (nSPS) is 37.5. The van der Waals surface area contributed by atoms with Crippen LogP contribution in [0.4, 0.5) is 0 Å². The van der Waals surface area contributed by atoms with Gasteiger partial charge in [0.25, 0.3) is 0 Å². The first-order valence-corrected chi connectivity index (χ1v) is 15.8. The Kier molecular flexibility index (Phi) is 10.1. The minimum atomic E-state index is -0.534. The predicted octanol–water partition coefficient (Wildman–Crippen LogP) is 6.37. The van der Waals surface area contributed by atoms with Crippen LogP contribution in [0.25, 0.3) is 0 Å². The number of hydrogen-bond donors (Lipinski definition) is 1. The molecule has 1 unspecified atom stereocenters. The van der Waals surface area contributed by atoms with Gasteiger partial charge in [-0.2, -0.15) is 0 Å². The molecule has 0 saturated heterocycles. The van der Waals surface area contributed by atoms with E-state index in [-0.39, 0.29) is 40.8 Å². The fourth-order valence-electron chi connectivity index (χ4n) is 9.13. The van der Waals surface area contributed by atoms with Crippen molar-refractivity contribution in [1.29, 1.82) is 0 Å². The van der Waals surface area contributed by atoms with Crippen LogP contribution in [0.3, 0.4) is 0 Å². The van der Waals surface area contributed by atoms with E-state index in [9.17, 15) is 19.5 Å². The van der Waals surface area contributed by atoms with Gasteiger partial charge in [-0.3, -0.25) is 14.4 Å².